The van der Waals surface area contributed by atoms with Gasteiger partial charge in [-0.2, -0.15) is 0 Å². The SMILES string of the molecule is CCC[C@H](NC=O)[C@@H](CC(C)C)C(=O)NC. The fraction of sp³-hybridized carbons (Fsp3) is 0.833. The number of hydrogen-bond donors (Lipinski definition) is 2. The van der Waals surface area contributed by atoms with Gasteiger partial charge in [0.05, 0.1) is 5.92 Å². The molecule has 4 heteroatoms. The highest BCUT2D eigenvalue weighted by Crippen LogP contribution is 2.19. The molecule has 2 atom stereocenters. The molecular formula is C12H24N2O2. The Morgan fingerprint density at radius 3 is 2.38 bits per heavy atom. The van der Waals surface area contributed by atoms with Crippen LogP contribution in [0.4, 0.5) is 0 Å². The van der Waals surface area contributed by atoms with Crippen LogP contribution >= 0.6 is 0 Å². The van der Waals surface area contributed by atoms with Crippen LogP contribution < -0.4 is 10.6 Å². The molecule has 2 N–H and O–H groups in total. The third kappa shape index (κ3) is 5.14. The van der Waals surface area contributed by atoms with E-state index < -0.39 is 0 Å². The van der Waals surface area contributed by atoms with Crippen molar-refractivity contribution in [1.29, 1.82) is 0 Å². The van der Waals surface area contributed by atoms with E-state index in [2.05, 4.69) is 31.4 Å². The molecule has 94 valence electrons. The summed E-state index contributed by atoms with van der Waals surface area (Å²) < 4.78 is 0. The van der Waals surface area contributed by atoms with Crippen LogP contribution in [0, 0.1) is 11.8 Å². The molecule has 0 aliphatic heterocycles. The Kier molecular flexibility index (Phi) is 7.60. The lowest BCUT2D eigenvalue weighted by Gasteiger charge is -2.26. The van der Waals surface area contributed by atoms with Gasteiger partial charge in [0.2, 0.25) is 12.3 Å². The first kappa shape index (κ1) is 14.9. The van der Waals surface area contributed by atoms with Crippen LogP contribution in [-0.2, 0) is 9.59 Å². The van der Waals surface area contributed by atoms with Crippen LogP contribution in [0.3, 0.4) is 0 Å². The zero-order valence-corrected chi connectivity index (χ0v) is 10.7. The van der Waals surface area contributed by atoms with E-state index in [0.717, 1.165) is 19.3 Å². The molecule has 0 aliphatic carbocycles. The minimum atomic E-state index is -0.129. The number of hydrogen-bond acceptors (Lipinski definition) is 2. The Morgan fingerprint density at radius 2 is 2.00 bits per heavy atom. The second-order valence-corrected chi connectivity index (χ2v) is 4.53. The van der Waals surface area contributed by atoms with E-state index in [4.69, 9.17) is 0 Å². The molecule has 0 bridgehead atoms. The van der Waals surface area contributed by atoms with Crippen molar-refractivity contribution in [2.45, 2.75) is 46.1 Å². The van der Waals surface area contributed by atoms with Gasteiger partial charge in [0, 0.05) is 13.1 Å². The summed E-state index contributed by atoms with van der Waals surface area (Å²) in [7, 11) is 1.64. The molecule has 0 spiro atoms. The number of rotatable bonds is 8. The smallest absolute Gasteiger partial charge is 0.224 e. The minimum Gasteiger partial charge on any atom is -0.359 e. The zero-order chi connectivity index (χ0) is 12.6. The minimum absolute atomic E-state index is 0.0153. The molecule has 16 heavy (non-hydrogen) atoms. The van der Waals surface area contributed by atoms with E-state index in [1.807, 2.05) is 0 Å². The van der Waals surface area contributed by atoms with Crippen molar-refractivity contribution < 1.29 is 9.59 Å². The van der Waals surface area contributed by atoms with Gasteiger partial charge in [-0.05, 0) is 18.8 Å². The van der Waals surface area contributed by atoms with Crippen molar-refractivity contribution in [2.24, 2.45) is 11.8 Å². The molecule has 0 radical (unpaired) electrons. The van der Waals surface area contributed by atoms with Crippen molar-refractivity contribution >= 4 is 12.3 Å². The van der Waals surface area contributed by atoms with Crippen molar-refractivity contribution in [2.75, 3.05) is 7.05 Å². The maximum atomic E-state index is 11.8. The highest BCUT2D eigenvalue weighted by Gasteiger charge is 2.27. The molecule has 0 fully saturated rings. The highest BCUT2D eigenvalue weighted by atomic mass is 16.2. The van der Waals surface area contributed by atoms with Crippen molar-refractivity contribution in [3.63, 3.8) is 0 Å². The predicted molar refractivity (Wildman–Crippen MR) is 64.9 cm³/mol. The summed E-state index contributed by atoms with van der Waals surface area (Å²) in [4.78, 5) is 22.3. The van der Waals surface area contributed by atoms with Crippen LogP contribution in [0.15, 0.2) is 0 Å². The summed E-state index contributed by atoms with van der Waals surface area (Å²) in [6.45, 7) is 6.22. The fourth-order valence-electron chi connectivity index (χ4n) is 1.95. The van der Waals surface area contributed by atoms with Crippen LogP contribution in [0.2, 0.25) is 0 Å². The van der Waals surface area contributed by atoms with Crippen LogP contribution in [-0.4, -0.2) is 25.4 Å². The molecule has 2 amide bonds. The van der Waals surface area contributed by atoms with Gasteiger partial charge in [-0.1, -0.05) is 27.2 Å². The topological polar surface area (TPSA) is 58.2 Å². The molecule has 0 rings (SSSR count). The Labute approximate surface area is 98.2 Å². The molecule has 0 unspecified atom stereocenters. The lowest BCUT2D eigenvalue weighted by atomic mass is 9.87. The van der Waals surface area contributed by atoms with Gasteiger partial charge in [-0.3, -0.25) is 9.59 Å². The van der Waals surface area contributed by atoms with Gasteiger partial charge in [0.1, 0.15) is 0 Å². The molecule has 0 aliphatic rings. The quantitative estimate of drug-likeness (QED) is 0.615. The Balaban J connectivity index is 4.64. The Hall–Kier alpha value is -1.06. The monoisotopic (exact) mass is 228 g/mol. The summed E-state index contributed by atoms with van der Waals surface area (Å²) in [5.41, 5.74) is 0. The molecule has 0 heterocycles. The second-order valence-electron chi connectivity index (χ2n) is 4.53. The zero-order valence-electron chi connectivity index (χ0n) is 10.7. The fourth-order valence-corrected chi connectivity index (χ4v) is 1.95. The molecule has 0 aromatic carbocycles. The summed E-state index contributed by atoms with van der Waals surface area (Å²) in [5.74, 6) is 0.326. The largest absolute Gasteiger partial charge is 0.359 e. The Bertz CT molecular complexity index is 217. The van der Waals surface area contributed by atoms with E-state index in [9.17, 15) is 9.59 Å². The first-order chi connectivity index (χ1) is 7.56. The van der Waals surface area contributed by atoms with Gasteiger partial charge in [-0.25, -0.2) is 0 Å². The third-order valence-electron chi connectivity index (χ3n) is 2.68. The number of nitrogens with one attached hydrogen (secondary N) is 2. The third-order valence-corrected chi connectivity index (χ3v) is 2.68. The summed E-state index contributed by atoms with van der Waals surface area (Å²) in [5, 5.41) is 5.44. The number of carbonyl (C=O) groups excluding carboxylic acids is 2. The van der Waals surface area contributed by atoms with Crippen LogP contribution in [0.1, 0.15) is 40.0 Å². The standard InChI is InChI=1S/C12H24N2O2/c1-5-6-11(14-8-15)10(7-9(2)3)12(16)13-4/h8-11H,5-7H2,1-4H3,(H,13,16)(H,14,15)/t10-,11+/m1/s1. The van der Waals surface area contributed by atoms with Gasteiger partial charge in [-0.15, -0.1) is 0 Å². The van der Waals surface area contributed by atoms with Gasteiger partial charge in [0.15, 0.2) is 0 Å². The molecule has 4 nitrogen and oxygen atoms in total. The summed E-state index contributed by atoms with van der Waals surface area (Å²) >= 11 is 0. The van der Waals surface area contributed by atoms with Crippen molar-refractivity contribution in [1.82, 2.24) is 10.6 Å². The maximum Gasteiger partial charge on any atom is 0.224 e. The van der Waals surface area contributed by atoms with Crippen molar-refractivity contribution in [3.05, 3.63) is 0 Å². The molecule has 0 saturated heterocycles. The van der Waals surface area contributed by atoms with Gasteiger partial charge in [0.25, 0.3) is 0 Å². The van der Waals surface area contributed by atoms with E-state index in [1.54, 1.807) is 7.05 Å². The predicted octanol–water partition coefficient (Wildman–Crippen LogP) is 1.31. The van der Waals surface area contributed by atoms with E-state index in [-0.39, 0.29) is 17.9 Å². The molecule has 0 aromatic heterocycles. The van der Waals surface area contributed by atoms with E-state index >= 15 is 0 Å². The second kappa shape index (κ2) is 8.13. The summed E-state index contributed by atoms with van der Waals surface area (Å²) in [6, 6.07) is -0.0511. The maximum absolute atomic E-state index is 11.8. The number of amides is 2. The molecule has 0 aromatic rings. The average Bonchev–Trinajstić information content (AvgIpc) is 2.24. The average molecular weight is 228 g/mol. The lowest BCUT2D eigenvalue weighted by molar-refractivity contribution is -0.126. The molecular weight excluding hydrogens is 204 g/mol. The van der Waals surface area contributed by atoms with Crippen molar-refractivity contribution in [3.8, 4) is 0 Å². The lowest BCUT2D eigenvalue weighted by Crippen LogP contribution is -2.44. The van der Waals surface area contributed by atoms with Crippen LogP contribution in [0.25, 0.3) is 0 Å². The highest BCUT2D eigenvalue weighted by molar-refractivity contribution is 5.79. The van der Waals surface area contributed by atoms with Crippen LogP contribution in [0.5, 0.6) is 0 Å². The van der Waals surface area contributed by atoms with Gasteiger partial charge >= 0.3 is 0 Å². The van der Waals surface area contributed by atoms with E-state index in [0.29, 0.717) is 12.3 Å². The number of carbonyl (C=O) groups is 2. The Morgan fingerprint density at radius 1 is 1.38 bits per heavy atom. The first-order valence-electron chi connectivity index (χ1n) is 5.98. The molecule has 0 saturated carbocycles. The van der Waals surface area contributed by atoms with E-state index in [1.165, 1.54) is 0 Å². The summed E-state index contributed by atoms with van der Waals surface area (Å²) in [6.07, 6.45) is 3.28. The first-order valence-corrected chi connectivity index (χ1v) is 5.98. The van der Waals surface area contributed by atoms with Gasteiger partial charge < -0.3 is 10.6 Å². The normalized spacial score (nSPS) is 14.3.